The summed E-state index contributed by atoms with van der Waals surface area (Å²) in [6, 6.07) is 17.3. The number of hydrogen-bond donors (Lipinski definition) is 2. The van der Waals surface area contributed by atoms with Crippen LogP contribution in [0, 0.1) is 0 Å². The van der Waals surface area contributed by atoms with Crippen molar-refractivity contribution in [1.82, 2.24) is 10.3 Å². The normalized spacial score (nSPS) is 10.8. The summed E-state index contributed by atoms with van der Waals surface area (Å²) in [5, 5.41) is 5.45. The Morgan fingerprint density at radius 3 is 2.37 bits per heavy atom. The highest BCUT2D eigenvalue weighted by Crippen LogP contribution is 2.27. The Balaban J connectivity index is 1.87. The predicted molar refractivity (Wildman–Crippen MR) is 114 cm³/mol. The maximum atomic E-state index is 12.8. The molecular weight excluding hydrogens is 382 g/mol. The SMILES string of the molecule is COc1ccc(C(=O)NC(=Cc2cccnc2)C(=O)Nc2ccccc2)cc1OC. The van der Waals surface area contributed by atoms with Gasteiger partial charge in [-0.3, -0.25) is 14.6 Å². The number of carbonyl (C=O) groups excluding carboxylic acids is 2. The van der Waals surface area contributed by atoms with Crippen molar-refractivity contribution in [2.24, 2.45) is 0 Å². The van der Waals surface area contributed by atoms with E-state index in [1.807, 2.05) is 18.2 Å². The standard InChI is InChI=1S/C23H21N3O4/c1-29-20-11-10-17(14-21(20)30-2)22(27)26-19(13-16-7-6-12-24-15-16)23(28)25-18-8-4-3-5-9-18/h3-15H,1-2H3,(H,25,28)(H,26,27). The fourth-order valence-corrected chi connectivity index (χ4v) is 2.68. The molecule has 0 saturated carbocycles. The summed E-state index contributed by atoms with van der Waals surface area (Å²) >= 11 is 0. The maximum Gasteiger partial charge on any atom is 0.272 e. The molecule has 7 nitrogen and oxygen atoms in total. The van der Waals surface area contributed by atoms with Crippen molar-refractivity contribution >= 4 is 23.6 Å². The minimum atomic E-state index is -0.464. The zero-order valence-corrected chi connectivity index (χ0v) is 16.6. The Bertz CT molecular complexity index is 1050. The number of benzene rings is 2. The lowest BCUT2D eigenvalue weighted by Crippen LogP contribution is -2.30. The molecule has 0 atom stereocenters. The number of anilines is 1. The molecule has 0 radical (unpaired) electrons. The first-order chi connectivity index (χ1) is 14.6. The summed E-state index contributed by atoms with van der Waals surface area (Å²) < 4.78 is 10.4. The lowest BCUT2D eigenvalue weighted by Gasteiger charge is -2.13. The summed E-state index contributed by atoms with van der Waals surface area (Å²) in [7, 11) is 3.00. The monoisotopic (exact) mass is 403 g/mol. The van der Waals surface area contributed by atoms with Crippen LogP contribution in [0.15, 0.2) is 78.8 Å². The van der Waals surface area contributed by atoms with Crippen molar-refractivity contribution in [2.75, 3.05) is 19.5 Å². The van der Waals surface area contributed by atoms with E-state index in [0.29, 0.717) is 28.3 Å². The van der Waals surface area contributed by atoms with Crippen molar-refractivity contribution in [3.05, 3.63) is 89.9 Å². The van der Waals surface area contributed by atoms with Gasteiger partial charge in [0, 0.05) is 23.6 Å². The van der Waals surface area contributed by atoms with Gasteiger partial charge in [0.25, 0.3) is 11.8 Å². The van der Waals surface area contributed by atoms with Gasteiger partial charge in [0.2, 0.25) is 0 Å². The molecule has 2 N–H and O–H groups in total. The highest BCUT2D eigenvalue weighted by molar-refractivity contribution is 6.10. The molecule has 0 unspecified atom stereocenters. The van der Waals surface area contributed by atoms with E-state index in [4.69, 9.17) is 9.47 Å². The zero-order chi connectivity index (χ0) is 21.3. The Hall–Kier alpha value is -4.13. The number of para-hydroxylation sites is 1. The van der Waals surface area contributed by atoms with Gasteiger partial charge in [0.1, 0.15) is 5.70 Å². The summed E-state index contributed by atoms with van der Waals surface area (Å²) in [5.74, 6) is -0.00754. The third kappa shape index (κ3) is 5.23. The first-order valence-electron chi connectivity index (χ1n) is 9.12. The number of amides is 2. The fourth-order valence-electron chi connectivity index (χ4n) is 2.68. The van der Waals surface area contributed by atoms with E-state index in [2.05, 4.69) is 15.6 Å². The van der Waals surface area contributed by atoms with Crippen molar-refractivity contribution in [2.45, 2.75) is 0 Å². The van der Waals surface area contributed by atoms with Crippen LogP contribution in [0.5, 0.6) is 11.5 Å². The van der Waals surface area contributed by atoms with Crippen LogP contribution in [0.3, 0.4) is 0 Å². The second-order valence-corrected chi connectivity index (χ2v) is 6.19. The summed E-state index contributed by atoms with van der Waals surface area (Å²) in [4.78, 5) is 29.7. The Labute approximate surface area is 174 Å². The van der Waals surface area contributed by atoms with E-state index in [9.17, 15) is 9.59 Å². The number of pyridine rings is 1. The van der Waals surface area contributed by atoms with Crippen LogP contribution in [0.4, 0.5) is 5.69 Å². The smallest absolute Gasteiger partial charge is 0.272 e. The summed E-state index contributed by atoms with van der Waals surface area (Å²) in [6.45, 7) is 0. The number of methoxy groups -OCH3 is 2. The van der Waals surface area contributed by atoms with Gasteiger partial charge in [-0.1, -0.05) is 24.3 Å². The van der Waals surface area contributed by atoms with Gasteiger partial charge in [-0.05, 0) is 48.0 Å². The van der Waals surface area contributed by atoms with Crippen molar-refractivity contribution in [3.8, 4) is 11.5 Å². The van der Waals surface area contributed by atoms with E-state index >= 15 is 0 Å². The highest BCUT2D eigenvalue weighted by Gasteiger charge is 2.17. The Morgan fingerprint density at radius 1 is 0.933 bits per heavy atom. The van der Waals surface area contributed by atoms with Gasteiger partial charge >= 0.3 is 0 Å². The molecule has 1 aromatic heterocycles. The molecule has 0 aliphatic rings. The van der Waals surface area contributed by atoms with Crippen LogP contribution in [0.25, 0.3) is 6.08 Å². The van der Waals surface area contributed by atoms with Crippen LogP contribution in [0.1, 0.15) is 15.9 Å². The number of rotatable bonds is 7. The Morgan fingerprint density at radius 2 is 1.70 bits per heavy atom. The molecule has 2 amide bonds. The molecule has 7 heteroatoms. The first-order valence-corrected chi connectivity index (χ1v) is 9.12. The average molecular weight is 403 g/mol. The van der Waals surface area contributed by atoms with Crippen LogP contribution in [-0.2, 0) is 4.79 Å². The van der Waals surface area contributed by atoms with Crippen molar-refractivity contribution < 1.29 is 19.1 Å². The molecular formula is C23H21N3O4. The highest BCUT2D eigenvalue weighted by atomic mass is 16.5. The van der Waals surface area contributed by atoms with Crippen LogP contribution >= 0.6 is 0 Å². The van der Waals surface area contributed by atoms with Gasteiger partial charge in [-0.2, -0.15) is 0 Å². The molecule has 0 aliphatic carbocycles. The van der Waals surface area contributed by atoms with Crippen molar-refractivity contribution in [3.63, 3.8) is 0 Å². The molecule has 2 aromatic carbocycles. The molecule has 3 rings (SSSR count). The number of aromatic nitrogens is 1. The topological polar surface area (TPSA) is 89.5 Å². The van der Waals surface area contributed by atoms with E-state index in [1.54, 1.807) is 60.9 Å². The second-order valence-electron chi connectivity index (χ2n) is 6.19. The van der Waals surface area contributed by atoms with Gasteiger partial charge in [-0.15, -0.1) is 0 Å². The number of carbonyl (C=O) groups is 2. The maximum absolute atomic E-state index is 12.8. The molecule has 30 heavy (non-hydrogen) atoms. The van der Waals surface area contributed by atoms with Crippen LogP contribution < -0.4 is 20.1 Å². The molecule has 3 aromatic rings. The number of nitrogens with one attached hydrogen (secondary N) is 2. The number of hydrogen-bond acceptors (Lipinski definition) is 5. The molecule has 0 aliphatic heterocycles. The molecule has 152 valence electrons. The van der Waals surface area contributed by atoms with E-state index in [1.165, 1.54) is 14.2 Å². The van der Waals surface area contributed by atoms with Crippen molar-refractivity contribution in [1.29, 1.82) is 0 Å². The van der Waals surface area contributed by atoms with E-state index in [0.717, 1.165) is 0 Å². The molecule has 0 saturated heterocycles. The number of nitrogens with zero attached hydrogens (tertiary/aromatic N) is 1. The van der Waals surface area contributed by atoms with Crippen LogP contribution in [0.2, 0.25) is 0 Å². The molecule has 1 heterocycles. The zero-order valence-electron chi connectivity index (χ0n) is 16.6. The number of ether oxygens (including phenoxy) is 2. The third-order valence-electron chi connectivity index (χ3n) is 4.17. The lowest BCUT2D eigenvalue weighted by molar-refractivity contribution is -0.113. The second kappa shape index (κ2) is 9.88. The lowest BCUT2D eigenvalue weighted by atomic mass is 10.1. The summed E-state index contributed by atoms with van der Waals surface area (Å²) in [5.41, 5.74) is 1.67. The van der Waals surface area contributed by atoms with E-state index < -0.39 is 11.8 Å². The minimum absolute atomic E-state index is 0.0756. The molecule has 0 spiro atoms. The molecule has 0 bridgehead atoms. The predicted octanol–water partition coefficient (Wildman–Crippen LogP) is 3.51. The quantitative estimate of drug-likeness (QED) is 0.590. The summed E-state index contributed by atoms with van der Waals surface area (Å²) in [6.07, 6.45) is 4.78. The first kappa shape index (κ1) is 20.6. The molecule has 0 fully saturated rings. The van der Waals surface area contributed by atoms with Gasteiger partial charge in [-0.25, -0.2) is 0 Å². The Kier molecular flexibility index (Phi) is 6.78. The minimum Gasteiger partial charge on any atom is -0.493 e. The van der Waals surface area contributed by atoms with Crippen LogP contribution in [-0.4, -0.2) is 31.0 Å². The van der Waals surface area contributed by atoms with Gasteiger partial charge < -0.3 is 20.1 Å². The van der Waals surface area contributed by atoms with Gasteiger partial charge in [0.15, 0.2) is 11.5 Å². The average Bonchev–Trinajstić information content (AvgIpc) is 2.79. The van der Waals surface area contributed by atoms with E-state index in [-0.39, 0.29) is 5.70 Å². The third-order valence-corrected chi connectivity index (χ3v) is 4.17. The fraction of sp³-hybridized carbons (Fsp3) is 0.0870. The largest absolute Gasteiger partial charge is 0.493 e. The van der Waals surface area contributed by atoms with Gasteiger partial charge in [0.05, 0.1) is 14.2 Å².